The van der Waals surface area contributed by atoms with Gasteiger partial charge in [0.05, 0.1) is 5.39 Å². The minimum Gasteiger partial charge on any atom is -0.383 e. The number of thioether (sulfide) groups is 1. The summed E-state index contributed by atoms with van der Waals surface area (Å²) in [5, 5.41) is 1.74. The van der Waals surface area contributed by atoms with E-state index in [0.29, 0.717) is 5.82 Å². The van der Waals surface area contributed by atoms with E-state index in [1.54, 1.807) is 23.1 Å². The molecule has 2 aromatic heterocycles. The smallest absolute Gasteiger partial charge is 0.191 e. The molecular weight excluding hydrogens is 286 g/mol. The van der Waals surface area contributed by atoms with E-state index in [-0.39, 0.29) is 0 Å². The van der Waals surface area contributed by atoms with Crippen molar-refractivity contribution in [3.8, 4) is 0 Å². The van der Waals surface area contributed by atoms with Gasteiger partial charge in [-0.3, -0.25) is 0 Å². The fourth-order valence-corrected chi connectivity index (χ4v) is 3.77. The van der Waals surface area contributed by atoms with Gasteiger partial charge in [-0.15, -0.1) is 11.3 Å². The van der Waals surface area contributed by atoms with Crippen molar-refractivity contribution in [2.24, 2.45) is 0 Å². The molecular formula is C15H15N3S2. The van der Waals surface area contributed by atoms with Gasteiger partial charge in [0.15, 0.2) is 5.16 Å². The van der Waals surface area contributed by atoms with Crippen LogP contribution in [0.2, 0.25) is 0 Å². The fraction of sp³-hybridized carbons (Fsp3) is 0.200. The van der Waals surface area contributed by atoms with Crippen LogP contribution in [-0.4, -0.2) is 9.97 Å². The fourth-order valence-electron chi connectivity index (χ4n) is 1.93. The molecule has 0 bridgehead atoms. The Morgan fingerprint density at radius 2 is 2.00 bits per heavy atom. The summed E-state index contributed by atoms with van der Waals surface area (Å²) in [4.78, 5) is 11.3. The van der Waals surface area contributed by atoms with E-state index < -0.39 is 0 Å². The molecule has 0 amide bonds. The van der Waals surface area contributed by atoms with Gasteiger partial charge in [-0.2, -0.15) is 0 Å². The van der Waals surface area contributed by atoms with E-state index in [2.05, 4.69) is 35.1 Å². The molecule has 0 spiro atoms. The molecule has 2 heterocycles. The molecule has 0 atom stereocenters. The number of aryl methyl sites for hydroxylation is 1. The Bertz CT molecular complexity index is 723. The Morgan fingerprint density at radius 1 is 1.20 bits per heavy atom. The highest BCUT2D eigenvalue weighted by Crippen LogP contribution is 2.30. The number of nitrogen functional groups attached to an aromatic ring is 1. The monoisotopic (exact) mass is 301 g/mol. The molecule has 5 heteroatoms. The third kappa shape index (κ3) is 2.78. The number of nitrogens with zero attached hydrogens (tertiary/aromatic N) is 2. The number of hydrogen-bond acceptors (Lipinski definition) is 5. The molecule has 102 valence electrons. The third-order valence-corrected chi connectivity index (χ3v) is 5.10. The summed E-state index contributed by atoms with van der Waals surface area (Å²) in [7, 11) is 0. The van der Waals surface area contributed by atoms with Gasteiger partial charge in [0, 0.05) is 10.6 Å². The minimum absolute atomic E-state index is 0.585. The molecule has 0 fully saturated rings. The Kier molecular flexibility index (Phi) is 3.89. The second-order valence-corrected chi connectivity index (χ2v) is 6.51. The second-order valence-electron chi connectivity index (χ2n) is 4.45. The first-order chi connectivity index (χ1) is 9.76. The lowest BCUT2D eigenvalue weighted by molar-refractivity contribution is 1.02. The van der Waals surface area contributed by atoms with Crippen LogP contribution >= 0.6 is 23.1 Å². The molecule has 0 saturated carbocycles. The lowest BCUT2D eigenvalue weighted by Gasteiger charge is -2.02. The zero-order valence-electron chi connectivity index (χ0n) is 11.2. The van der Waals surface area contributed by atoms with E-state index in [1.807, 2.05) is 18.2 Å². The maximum atomic E-state index is 6.04. The number of fused-ring (bicyclic) bond motifs is 1. The molecule has 3 nitrogen and oxygen atoms in total. The van der Waals surface area contributed by atoms with Crippen molar-refractivity contribution in [1.29, 1.82) is 0 Å². The first kappa shape index (κ1) is 13.4. The van der Waals surface area contributed by atoms with Gasteiger partial charge < -0.3 is 5.73 Å². The first-order valence-corrected chi connectivity index (χ1v) is 8.29. The van der Waals surface area contributed by atoms with Crippen LogP contribution in [0.3, 0.4) is 0 Å². The van der Waals surface area contributed by atoms with Crippen LogP contribution in [0.1, 0.15) is 17.4 Å². The standard InChI is InChI=1S/C15H15N3S2/c1-2-11-8-12-13(16)17-15(18-14(12)20-11)19-9-10-6-4-3-5-7-10/h3-8H,2,9H2,1H3,(H2,16,17,18). The lowest BCUT2D eigenvalue weighted by atomic mass is 10.2. The summed E-state index contributed by atoms with van der Waals surface area (Å²) in [6.07, 6.45) is 1.01. The molecule has 0 unspecified atom stereocenters. The summed E-state index contributed by atoms with van der Waals surface area (Å²) in [5.41, 5.74) is 7.30. The van der Waals surface area contributed by atoms with Crippen molar-refractivity contribution in [1.82, 2.24) is 9.97 Å². The van der Waals surface area contributed by atoms with Crippen LogP contribution in [0.5, 0.6) is 0 Å². The number of benzene rings is 1. The quantitative estimate of drug-likeness (QED) is 0.581. The predicted octanol–water partition coefficient (Wildman–Crippen LogP) is 4.13. The molecule has 0 aliphatic carbocycles. The van der Waals surface area contributed by atoms with Crippen LogP contribution in [0, 0.1) is 0 Å². The summed E-state index contributed by atoms with van der Waals surface area (Å²) >= 11 is 3.33. The van der Waals surface area contributed by atoms with Crippen molar-refractivity contribution in [3.63, 3.8) is 0 Å². The molecule has 3 rings (SSSR count). The van der Waals surface area contributed by atoms with E-state index in [9.17, 15) is 0 Å². The van der Waals surface area contributed by atoms with Crippen LogP contribution < -0.4 is 5.73 Å². The summed E-state index contributed by atoms with van der Waals surface area (Å²) in [5.74, 6) is 1.44. The van der Waals surface area contributed by atoms with Gasteiger partial charge in [0.25, 0.3) is 0 Å². The van der Waals surface area contributed by atoms with E-state index >= 15 is 0 Å². The number of anilines is 1. The van der Waals surface area contributed by atoms with Gasteiger partial charge >= 0.3 is 0 Å². The van der Waals surface area contributed by atoms with Crippen LogP contribution in [0.15, 0.2) is 41.6 Å². The number of nitrogens with two attached hydrogens (primary N) is 1. The molecule has 1 aromatic carbocycles. The summed E-state index contributed by atoms with van der Waals surface area (Å²) in [6.45, 7) is 2.14. The number of thiophene rings is 1. The van der Waals surface area contributed by atoms with Crippen molar-refractivity contribution in [3.05, 3.63) is 46.8 Å². The maximum absolute atomic E-state index is 6.04. The second kappa shape index (κ2) is 5.81. The lowest BCUT2D eigenvalue weighted by Crippen LogP contribution is -1.95. The first-order valence-electron chi connectivity index (χ1n) is 6.49. The molecule has 0 aliphatic rings. The average molecular weight is 301 g/mol. The minimum atomic E-state index is 0.585. The van der Waals surface area contributed by atoms with Crippen molar-refractivity contribution in [2.45, 2.75) is 24.3 Å². The van der Waals surface area contributed by atoms with Gasteiger partial charge in [0.1, 0.15) is 10.6 Å². The largest absolute Gasteiger partial charge is 0.383 e. The highest BCUT2D eigenvalue weighted by Gasteiger charge is 2.09. The van der Waals surface area contributed by atoms with Crippen LogP contribution in [-0.2, 0) is 12.2 Å². The molecule has 20 heavy (non-hydrogen) atoms. The Balaban J connectivity index is 1.85. The predicted molar refractivity (Wildman–Crippen MR) is 87.2 cm³/mol. The van der Waals surface area contributed by atoms with Gasteiger partial charge in [-0.05, 0) is 18.1 Å². The van der Waals surface area contributed by atoms with E-state index in [4.69, 9.17) is 5.73 Å². The van der Waals surface area contributed by atoms with Gasteiger partial charge in [-0.1, -0.05) is 49.0 Å². The summed E-state index contributed by atoms with van der Waals surface area (Å²) < 4.78 is 0. The molecule has 0 saturated heterocycles. The number of hydrogen-bond donors (Lipinski definition) is 1. The molecule has 0 aliphatic heterocycles. The average Bonchev–Trinajstić information content (AvgIpc) is 2.90. The Hall–Kier alpha value is -1.59. The SMILES string of the molecule is CCc1cc2c(N)nc(SCc3ccccc3)nc2s1. The molecule has 0 radical (unpaired) electrons. The Labute approximate surface area is 126 Å². The van der Waals surface area contributed by atoms with E-state index in [1.165, 1.54) is 10.4 Å². The van der Waals surface area contributed by atoms with Gasteiger partial charge in [0.2, 0.25) is 0 Å². The number of aromatic nitrogens is 2. The zero-order valence-corrected chi connectivity index (χ0v) is 12.8. The highest BCUT2D eigenvalue weighted by atomic mass is 32.2. The van der Waals surface area contributed by atoms with Crippen LogP contribution in [0.4, 0.5) is 5.82 Å². The summed E-state index contributed by atoms with van der Waals surface area (Å²) in [6, 6.07) is 12.4. The highest BCUT2D eigenvalue weighted by molar-refractivity contribution is 7.98. The molecule has 3 aromatic rings. The van der Waals surface area contributed by atoms with Crippen molar-refractivity contribution in [2.75, 3.05) is 5.73 Å². The van der Waals surface area contributed by atoms with E-state index in [0.717, 1.165) is 27.5 Å². The number of rotatable bonds is 4. The Morgan fingerprint density at radius 3 is 2.75 bits per heavy atom. The van der Waals surface area contributed by atoms with Crippen LogP contribution in [0.25, 0.3) is 10.2 Å². The zero-order chi connectivity index (χ0) is 13.9. The maximum Gasteiger partial charge on any atom is 0.191 e. The van der Waals surface area contributed by atoms with Crippen molar-refractivity contribution < 1.29 is 0 Å². The van der Waals surface area contributed by atoms with Crippen molar-refractivity contribution >= 4 is 39.1 Å². The molecule has 2 N–H and O–H groups in total. The normalized spacial score (nSPS) is 11.1. The third-order valence-electron chi connectivity index (χ3n) is 3.01. The topological polar surface area (TPSA) is 51.8 Å². The van der Waals surface area contributed by atoms with Gasteiger partial charge in [-0.25, -0.2) is 9.97 Å².